The molecule has 1 N–H and O–H groups in total. The largest absolute Gasteiger partial charge is 0.342 e. The second-order valence-electron chi connectivity index (χ2n) is 8.01. The van der Waals surface area contributed by atoms with Crippen molar-refractivity contribution in [3.05, 3.63) is 0 Å². The lowest BCUT2D eigenvalue weighted by Gasteiger charge is -2.56. The Kier molecular flexibility index (Phi) is 3.10. The van der Waals surface area contributed by atoms with E-state index in [1.165, 1.54) is 32.1 Å². The maximum Gasteiger partial charge on any atom is 0.227 e. The van der Waals surface area contributed by atoms with E-state index in [1.54, 1.807) is 0 Å². The van der Waals surface area contributed by atoms with Gasteiger partial charge in [0.05, 0.1) is 5.92 Å². The van der Waals surface area contributed by atoms with Gasteiger partial charge in [0.1, 0.15) is 0 Å². The number of nitrogens with one attached hydrogen (secondary N) is 1. The summed E-state index contributed by atoms with van der Waals surface area (Å²) in [6, 6.07) is 0.921. The van der Waals surface area contributed by atoms with Crippen LogP contribution in [0.15, 0.2) is 0 Å². The molecule has 0 radical (unpaired) electrons. The van der Waals surface area contributed by atoms with E-state index in [2.05, 4.69) is 24.2 Å². The van der Waals surface area contributed by atoms with Gasteiger partial charge in [-0.15, -0.1) is 0 Å². The fraction of sp³-hybridized carbons (Fsp3) is 0.941. The van der Waals surface area contributed by atoms with E-state index in [1.807, 2.05) is 0 Å². The third kappa shape index (κ3) is 1.93. The van der Waals surface area contributed by atoms with Crippen molar-refractivity contribution >= 4 is 5.91 Å². The third-order valence-electron chi connectivity index (χ3n) is 6.81. The molecule has 0 aromatic heterocycles. The van der Waals surface area contributed by atoms with Gasteiger partial charge in [0, 0.05) is 19.1 Å². The van der Waals surface area contributed by atoms with Crippen LogP contribution in [0.2, 0.25) is 0 Å². The van der Waals surface area contributed by atoms with Crippen LogP contribution in [-0.4, -0.2) is 36.5 Å². The summed E-state index contributed by atoms with van der Waals surface area (Å²) in [5.41, 5.74) is 0. The number of rotatable bonds is 2. The number of carbonyl (C=O) groups excluding carboxylic acids is 1. The van der Waals surface area contributed by atoms with Gasteiger partial charge in [-0.1, -0.05) is 0 Å². The number of carbonyl (C=O) groups is 1. The minimum Gasteiger partial charge on any atom is -0.342 e. The summed E-state index contributed by atoms with van der Waals surface area (Å²) in [6.45, 7) is 3.17. The van der Waals surface area contributed by atoms with Crippen molar-refractivity contribution in [2.24, 2.45) is 29.6 Å². The molecule has 5 fully saturated rings. The second-order valence-corrected chi connectivity index (χ2v) is 8.01. The first kappa shape index (κ1) is 13.1. The van der Waals surface area contributed by atoms with Gasteiger partial charge in [-0.05, 0) is 75.7 Å². The van der Waals surface area contributed by atoms with Crippen molar-refractivity contribution in [2.75, 3.05) is 13.6 Å². The average molecular weight is 276 g/mol. The van der Waals surface area contributed by atoms with Crippen LogP contribution in [-0.2, 0) is 4.79 Å². The van der Waals surface area contributed by atoms with Crippen molar-refractivity contribution in [2.45, 2.75) is 57.5 Å². The van der Waals surface area contributed by atoms with Crippen LogP contribution in [0.1, 0.15) is 45.4 Å². The number of hydrogen-bond acceptors (Lipinski definition) is 2. The Balaban J connectivity index is 1.51. The summed E-state index contributed by atoms with van der Waals surface area (Å²) < 4.78 is 0. The SMILES string of the molecule is CC1NCCC1C(=O)N(C)C1C2CC3CC(C2)CC1C3. The molecule has 112 valence electrons. The van der Waals surface area contributed by atoms with Gasteiger partial charge in [-0.2, -0.15) is 0 Å². The Morgan fingerprint density at radius 3 is 2.15 bits per heavy atom. The lowest BCUT2D eigenvalue weighted by atomic mass is 9.54. The molecule has 5 aliphatic rings. The normalized spacial score (nSPS) is 49.6. The Labute approximate surface area is 122 Å². The van der Waals surface area contributed by atoms with Crippen LogP contribution in [0.3, 0.4) is 0 Å². The summed E-state index contributed by atoms with van der Waals surface area (Å²) in [6.07, 6.45) is 8.10. The Morgan fingerprint density at radius 2 is 1.65 bits per heavy atom. The van der Waals surface area contributed by atoms with Gasteiger partial charge >= 0.3 is 0 Å². The molecule has 0 aromatic carbocycles. The Bertz CT molecular complexity index is 380. The van der Waals surface area contributed by atoms with Crippen molar-refractivity contribution < 1.29 is 4.79 Å². The minimum atomic E-state index is 0.220. The molecule has 1 heterocycles. The lowest BCUT2D eigenvalue weighted by molar-refractivity contribution is -0.145. The molecule has 1 aliphatic heterocycles. The Morgan fingerprint density at radius 1 is 1.05 bits per heavy atom. The number of nitrogens with zero attached hydrogens (tertiary/aromatic N) is 1. The van der Waals surface area contributed by atoms with E-state index >= 15 is 0 Å². The monoisotopic (exact) mass is 276 g/mol. The molecule has 5 rings (SSSR count). The zero-order valence-corrected chi connectivity index (χ0v) is 12.8. The predicted octanol–water partition coefficient (Wildman–Crippen LogP) is 2.27. The van der Waals surface area contributed by atoms with Gasteiger partial charge < -0.3 is 10.2 Å². The summed E-state index contributed by atoms with van der Waals surface area (Å²) in [4.78, 5) is 15.0. The molecule has 1 amide bonds. The van der Waals surface area contributed by atoms with Crippen molar-refractivity contribution in [3.8, 4) is 0 Å². The summed E-state index contributed by atoms with van der Waals surface area (Å²) >= 11 is 0. The highest BCUT2D eigenvalue weighted by Crippen LogP contribution is 2.55. The zero-order valence-electron chi connectivity index (χ0n) is 12.8. The van der Waals surface area contributed by atoms with E-state index in [9.17, 15) is 4.79 Å². The molecule has 4 saturated carbocycles. The van der Waals surface area contributed by atoms with Crippen LogP contribution < -0.4 is 5.32 Å². The molecular formula is C17H28N2O. The van der Waals surface area contributed by atoms with Crippen molar-refractivity contribution in [1.29, 1.82) is 0 Å². The topological polar surface area (TPSA) is 32.3 Å². The summed E-state index contributed by atoms with van der Waals surface area (Å²) in [5.74, 6) is 4.24. The van der Waals surface area contributed by atoms with Gasteiger partial charge in [-0.3, -0.25) is 4.79 Å². The number of hydrogen-bond donors (Lipinski definition) is 1. The highest BCUT2D eigenvalue weighted by Gasteiger charge is 2.51. The van der Waals surface area contributed by atoms with E-state index < -0.39 is 0 Å². The van der Waals surface area contributed by atoms with Crippen molar-refractivity contribution in [1.82, 2.24) is 10.2 Å². The first-order valence-electron chi connectivity index (χ1n) is 8.63. The molecule has 20 heavy (non-hydrogen) atoms. The molecule has 0 aromatic rings. The van der Waals surface area contributed by atoms with Gasteiger partial charge in [0.15, 0.2) is 0 Å². The fourth-order valence-corrected chi connectivity index (χ4v) is 6.13. The van der Waals surface area contributed by atoms with Gasteiger partial charge in [-0.25, -0.2) is 0 Å². The molecule has 1 saturated heterocycles. The highest BCUT2D eigenvalue weighted by molar-refractivity contribution is 5.80. The van der Waals surface area contributed by atoms with Crippen LogP contribution in [0.25, 0.3) is 0 Å². The predicted molar refractivity (Wildman–Crippen MR) is 79.2 cm³/mol. The minimum absolute atomic E-state index is 0.220. The summed E-state index contributed by atoms with van der Waals surface area (Å²) in [5, 5.41) is 3.43. The van der Waals surface area contributed by atoms with Crippen LogP contribution in [0.4, 0.5) is 0 Å². The van der Waals surface area contributed by atoms with E-state index in [4.69, 9.17) is 0 Å². The average Bonchev–Trinajstić information content (AvgIpc) is 2.82. The Hall–Kier alpha value is -0.570. The van der Waals surface area contributed by atoms with Crippen LogP contribution in [0, 0.1) is 29.6 Å². The quantitative estimate of drug-likeness (QED) is 0.839. The van der Waals surface area contributed by atoms with Crippen molar-refractivity contribution in [3.63, 3.8) is 0 Å². The first-order valence-corrected chi connectivity index (χ1v) is 8.63. The molecule has 3 heteroatoms. The number of amides is 1. The van der Waals surface area contributed by atoms with E-state index in [0.717, 1.165) is 36.6 Å². The molecule has 0 spiro atoms. The second kappa shape index (κ2) is 4.72. The highest BCUT2D eigenvalue weighted by atomic mass is 16.2. The first-order chi connectivity index (χ1) is 9.63. The zero-order chi connectivity index (χ0) is 13.9. The standard InChI is InChI=1S/C17H28N2O/c1-10-15(3-4-18-10)17(20)19(2)16-13-6-11-5-12(8-13)9-14(16)7-11/h10-16,18H,3-9H2,1-2H3. The molecule has 4 bridgehead atoms. The van der Waals surface area contributed by atoms with Gasteiger partial charge in [0.25, 0.3) is 0 Å². The molecule has 2 unspecified atom stereocenters. The maximum atomic E-state index is 12.9. The third-order valence-corrected chi connectivity index (χ3v) is 6.81. The maximum absolute atomic E-state index is 12.9. The van der Waals surface area contributed by atoms with E-state index in [0.29, 0.717) is 18.0 Å². The smallest absolute Gasteiger partial charge is 0.227 e. The molecule has 3 nitrogen and oxygen atoms in total. The van der Waals surface area contributed by atoms with Gasteiger partial charge in [0.2, 0.25) is 5.91 Å². The van der Waals surface area contributed by atoms with Crippen LogP contribution >= 0.6 is 0 Å². The molecular weight excluding hydrogens is 248 g/mol. The molecule has 4 aliphatic carbocycles. The summed E-state index contributed by atoms with van der Waals surface area (Å²) in [7, 11) is 2.10. The lowest BCUT2D eigenvalue weighted by Crippen LogP contribution is -2.57. The van der Waals surface area contributed by atoms with Crippen LogP contribution in [0.5, 0.6) is 0 Å². The molecule has 2 atom stereocenters. The van der Waals surface area contributed by atoms with E-state index in [-0.39, 0.29) is 5.92 Å². The fourth-order valence-electron chi connectivity index (χ4n) is 6.13.